The highest BCUT2D eigenvalue weighted by Gasteiger charge is 2.26. The minimum Gasteiger partial charge on any atom is -0.369 e. The first kappa shape index (κ1) is 17.2. The molecule has 1 rings (SSSR count). The molecule has 0 unspecified atom stereocenters. The number of carbonyl (C=O) groups excluding carboxylic acids is 1. The number of nitrogens with zero attached hydrogens (tertiary/aromatic N) is 2. The zero-order valence-corrected chi connectivity index (χ0v) is 13.2. The molecule has 0 aliphatic carbocycles. The van der Waals surface area contributed by atoms with Gasteiger partial charge in [-0.1, -0.05) is 36.5 Å². The Balaban J connectivity index is 3.13. The topological polar surface area (TPSA) is 93.4 Å². The number of pyridine rings is 1. The van der Waals surface area contributed by atoms with Crippen molar-refractivity contribution in [3.05, 3.63) is 22.4 Å². The molecule has 6 nitrogen and oxygen atoms in total. The van der Waals surface area contributed by atoms with Gasteiger partial charge in [-0.2, -0.15) is 4.31 Å². The lowest BCUT2D eigenvalue weighted by atomic mass is 10.3. The highest BCUT2D eigenvalue weighted by atomic mass is 35.5. The maximum absolute atomic E-state index is 12.4. The quantitative estimate of drug-likeness (QED) is 0.764. The number of aromatic nitrogens is 1. The summed E-state index contributed by atoms with van der Waals surface area (Å²) in [5.41, 5.74) is 5.09. The molecule has 0 radical (unpaired) electrons. The highest BCUT2D eigenvalue weighted by Crippen LogP contribution is 2.24. The predicted molar refractivity (Wildman–Crippen MR) is 77.1 cm³/mol. The van der Waals surface area contributed by atoms with Gasteiger partial charge in [-0.15, -0.1) is 0 Å². The number of unbranched alkanes of at least 4 members (excludes halogenated alkanes) is 1. The summed E-state index contributed by atoms with van der Waals surface area (Å²) in [6.45, 7) is 1.72. The van der Waals surface area contributed by atoms with Crippen LogP contribution in [0.2, 0.25) is 10.2 Å². The minimum atomic E-state index is -3.88. The fraction of sp³-hybridized carbons (Fsp3) is 0.455. The van der Waals surface area contributed by atoms with Crippen LogP contribution in [-0.4, -0.2) is 36.7 Å². The van der Waals surface area contributed by atoms with Crippen LogP contribution in [0.5, 0.6) is 0 Å². The zero-order valence-electron chi connectivity index (χ0n) is 10.8. The predicted octanol–water partition coefficient (Wildman–Crippen LogP) is 1.66. The lowest BCUT2D eigenvalue weighted by Gasteiger charge is -2.20. The third-order valence-electron chi connectivity index (χ3n) is 2.50. The van der Waals surface area contributed by atoms with Crippen LogP contribution >= 0.6 is 23.2 Å². The number of hydrogen-bond acceptors (Lipinski definition) is 4. The maximum atomic E-state index is 12.4. The Labute approximate surface area is 127 Å². The van der Waals surface area contributed by atoms with E-state index in [2.05, 4.69) is 4.98 Å². The third-order valence-corrected chi connectivity index (χ3v) is 5.00. The number of rotatable bonds is 7. The SMILES string of the molecule is CCCCN(CC(N)=O)S(=O)(=O)c1cnc(Cl)c(Cl)c1. The van der Waals surface area contributed by atoms with E-state index in [1.165, 1.54) is 6.07 Å². The number of sulfonamides is 1. The summed E-state index contributed by atoms with van der Waals surface area (Å²) in [5.74, 6) is -0.724. The molecule has 0 spiro atoms. The Morgan fingerprint density at radius 1 is 1.45 bits per heavy atom. The van der Waals surface area contributed by atoms with Crippen LogP contribution in [0.15, 0.2) is 17.2 Å². The minimum absolute atomic E-state index is 0.0145. The van der Waals surface area contributed by atoms with Crippen LogP contribution in [0, 0.1) is 0 Å². The summed E-state index contributed by atoms with van der Waals surface area (Å²) >= 11 is 11.4. The Morgan fingerprint density at radius 3 is 2.60 bits per heavy atom. The van der Waals surface area contributed by atoms with E-state index in [0.717, 1.165) is 16.9 Å². The molecule has 9 heteroatoms. The molecule has 0 atom stereocenters. The number of carbonyl (C=O) groups is 1. The summed E-state index contributed by atoms with van der Waals surface area (Å²) < 4.78 is 25.8. The second-order valence-corrected chi connectivity index (χ2v) is 6.81. The third kappa shape index (κ3) is 4.31. The van der Waals surface area contributed by atoms with Gasteiger partial charge in [-0.05, 0) is 12.5 Å². The van der Waals surface area contributed by atoms with Gasteiger partial charge in [0, 0.05) is 12.7 Å². The fourth-order valence-corrected chi connectivity index (χ4v) is 3.24. The number of nitrogens with two attached hydrogens (primary N) is 1. The fourth-order valence-electron chi connectivity index (χ4n) is 1.49. The molecule has 0 bridgehead atoms. The van der Waals surface area contributed by atoms with Crippen molar-refractivity contribution in [3.63, 3.8) is 0 Å². The molecule has 0 saturated carbocycles. The standard InChI is InChI=1S/C11H15Cl2N3O3S/c1-2-3-4-16(7-10(14)17)20(18,19)8-5-9(12)11(13)15-6-8/h5-6H,2-4,7H2,1H3,(H2,14,17). The maximum Gasteiger partial charge on any atom is 0.245 e. The average Bonchev–Trinajstić information content (AvgIpc) is 2.37. The van der Waals surface area contributed by atoms with E-state index in [0.29, 0.717) is 6.42 Å². The monoisotopic (exact) mass is 339 g/mol. The molecule has 112 valence electrons. The summed E-state index contributed by atoms with van der Waals surface area (Å²) in [4.78, 5) is 14.6. The first-order valence-electron chi connectivity index (χ1n) is 5.88. The number of primary amides is 1. The Morgan fingerprint density at radius 2 is 2.10 bits per heavy atom. The molecule has 20 heavy (non-hydrogen) atoms. The van der Waals surface area contributed by atoms with E-state index in [9.17, 15) is 13.2 Å². The Hall–Kier alpha value is -0.890. The number of amides is 1. The van der Waals surface area contributed by atoms with Gasteiger partial charge < -0.3 is 5.73 Å². The number of hydrogen-bond donors (Lipinski definition) is 1. The molecule has 0 saturated heterocycles. The van der Waals surface area contributed by atoms with Gasteiger partial charge in [0.25, 0.3) is 0 Å². The molecule has 0 aliphatic rings. The Kier molecular flexibility index (Phi) is 6.19. The zero-order chi connectivity index (χ0) is 15.3. The van der Waals surface area contributed by atoms with Crippen molar-refractivity contribution in [3.8, 4) is 0 Å². The van der Waals surface area contributed by atoms with E-state index < -0.39 is 15.9 Å². The average molecular weight is 340 g/mol. The van der Waals surface area contributed by atoms with Crippen LogP contribution in [0.3, 0.4) is 0 Å². The van der Waals surface area contributed by atoms with Crippen molar-refractivity contribution in [2.45, 2.75) is 24.7 Å². The van der Waals surface area contributed by atoms with Crippen LogP contribution in [0.4, 0.5) is 0 Å². The molecule has 1 heterocycles. The molecule has 0 aliphatic heterocycles. The van der Waals surface area contributed by atoms with E-state index >= 15 is 0 Å². The number of halogens is 2. The van der Waals surface area contributed by atoms with Crippen LogP contribution < -0.4 is 5.73 Å². The van der Waals surface area contributed by atoms with Crippen LogP contribution in [0.1, 0.15) is 19.8 Å². The van der Waals surface area contributed by atoms with Crippen molar-refractivity contribution < 1.29 is 13.2 Å². The Bertz CT molecular complexity index is 593. The van der Waals surface area contributed by atoms with E-state index in [-0.39, 0.29) is 28.2 Å². The first-order chi connectivity index (χ1) is 9.28. The van der Waals surface area contributed by atoms with E-state index in [1.807, 2.05) is 6.92 Å². The molecule has 2 N–H and O–H groups in total. The first-order valence-corrected chi connectivity index (χ1v) is 8.08. The van der Waals surface area contributed by atoms with Crippen molar-refractivity contribution in [1.29, 1.82) is 0 Å². The van der Waals surface area contributed by atoms with Crippen LogP contribution in [0.25, 0.3) is 0 Å². The van der Waals surface area contributed by atoms with Crippen LogP contribution in [-0.2, 0) is 14.8 Å². The van der Waals surface area contributed by atoms with E-state index in [4.69, 9.17) is 28.9 Å². The van der Waals surface area contributed by atoms with Crippen molar-refractivity contribution >= 4 is 39.1 Å². The molecular weight excluding hydrogens is 325 g/mol. The molecular formula is C11H15Cl2N3O3S. The van der Waals surface area contributed by atoms with Gasteiger partial charge in [0.1, 0.15) is 10.0 Å². The summed E-state index contributed by atoms with van der Waals surface area (Å²) in [5, 5.41) is 0.0443. The lowest BCUT2D eigenvalue weighted by Crippen LogP contribution is -2.39. The highest BCUT2D eigenvalue weighted by molar-refractivity contribution is 7.89. The molecule has 1 amide bonds. The van der Waals surface area contributed by atoms with Gasteiger partial charge in [0.2, 0.25) is 15.9 Å². The molecule has 1 aromatic rings. The van der Waals surface area contributed by atoms with Gasteiger partial charge >= 0.3 is 0 Å². The van der Waals surface area contributed by atoms with Gasteiger partial charge in [0.15, 0.2) is 0 Å². The molecule has 1 aromatic heterocycles. The molecule has 0 aromatic carbocycles. The second-order valence-electron chi connectivity index (χ2n) is 4.10. The second kappa shape index (κ2) is 7.21. The molecule has 0 fully saturated rings. The summed E-state index contributed by atoms with van der Waals surface area (Å²) in [6.07, 6.45) is 2.50. The smallest absolute Gasteiger partial charge is 0.245 e. The van der Waals surface area contributed by atoms with Gasteiger partial charge in [-0.3, -0.25) is 4.79 Å². The lowest BCUT2D eigenvalue weighted by molar-refractivity contribution is -0.118. The van der Waals surface area contributed by atoms with E-state index in [1.54, 1.807) is 0 Å². The summed E-state index contributed by atoms with van der Waals surface area (Å²) in [7, 11) is -3.88. The van der Waals surface area contributed by atoms with Gasteiger partial charge in [-0.25, -0.2) is 13.4 Å². The normalized spacial score (nSPS) is 11.8. The summed E-state index contributed by atoms with van der Waals surface area (Å²) in [6, 6.07) is 1.20. The van der Waals surface area contributed by atoms with Crippen molar-refractivity contribution in [1.82, 2.24) is 9.29 Å². The largest absolute Gasteiger partial charge is 0.369 e. The van der Waals surface area contributed by atoms with Gasteiger partial charge in [0.05, 0.1) is 11.6 Å². The van der Waals surface area contributed by atoms with Crippen molar-refractivity contribution in [2.75, 3.05) is 13.1 Å². The van der Waals surface area contributed by atoms with Crippen molar-refractivity contribution in [2.24, 2.45) is 5.73 Å².